The van der Waals surface area contributed by atoms with E-state index in [1.807, 2.05) is 31.2 Å². The fraction of sp³-hybridized carbons (Fsp3) is 0.440. The predicted molar refractivity (Wildman–Crippen MR) is 129 cm³/mol. The van der Waals surface area contributed by atoms with Gasteiger partial charge >= 0.3 is 0 Å². The second kappa shape index (κ2) is 12.1. The zero-order valence-corrected chi connectivity index (χ0v) is 19.1. The first-order chi connectivity index (χ1) is 15.6. The number of rotatable bonds is 9. The molecule has 32 heavy (non-hydrogen) atoms. The number of ether oxygens (including phenoxy) is 1. The average Bonchev–Trinajstić information content (AvgIpc) is 3.09. The van der Waals surface area contributed by atoms with Gasteiger partial charge in [-0.05, 0) is 55.8 Å². The third-order valence-corrected chi connectivity index (χ3v) is 5.68. The van der Waals surface area contributed by atoms with E-state index in [4.69, 9.17) is 4.74 Å². The third-order valence-electron chi connectivity index (χ3n) is 5.68. The van der Waals surface area contributed by atoms with E-state index >= 15 is 0 Å². The second-order valence-corrected chi connectivity index (χ2v) is 8.05. The lowest BCUT2D eigenvalue weighted by molar-refractivity contribution is -0.119. The first-order valence-corrected chi connectivity index (χ1v) is 11.4. The number of nitrogens with zero attached hydrogens (tertiary/aromatic N) is 2. The molecule has 172 valence electrons. The van der Waals surface area contributed by atoms with Crippen molar-refractivity contribution >= 4 is 28.9 Å². The van der Waals surface area contributed by atoms with E-state index in [1.54, 1.807) is 24.1 Å². The summed E-state index contributed by atoms with van der Waals surface area (Å²) in [5.74, 6) is 0.274. The molecule has 7 heteroatoms. The molecule has 0 aliphatic carbocycles. The fourth-order valence-corrected chi connectivity index (χ4v) is 3.91. The molecule has 2 aromatic rings. The molecule has 1 saturated heterocycles. The summed E-state index contributed by atoms with van der Waals surface area (Å²) in [7, 11) is 1.56. The molecule has 0 aromatic heterocycles. The summed E-state index contributed by atoms with van der Waals surface area (Å²) >= 11 is 0. The van der Waals surface area contributed by atoms with E-state index < -0.39 is 0 Å². The summed E-state index contributed by atoms with van der Waals surface area (Å²) in [5, 5.41) is 5.79. The van der Waals surface area contributed by atoms with E-state index in [0.29, 0.717) is 18.0 Å². The number of carbonyl (C=O) groups is 2. The van der Waals surface area contributed by atoms with Gasteiger partial charge in [-0.1, -0.05) is 31.9 Å². The van der Waals surface area contributed by atoms with Gasteiger partial charge in [0.1, 0.15) is 5.75 Å². The average molecular weight is 439 g/mol. The molecule has 2 N–H and O–H groups in total. The van der Waals surface area contributed by atoms with E-state index in [1.165, 1.54) is 31.4 Å². The van der Waals surface area contributed by atoms with Gasteiger partial charge in [-0.25, -0.2) is 0 Å². The highest BCUT2D eigenvalue weighted by molar-refractivity contribution is 5.95. The quantitative estimate of drug-likeness (QED) is 0.620. The largest absolute Gasteiger partial charge is 0.495 e. The number of carbonyl (C=O) groups excluding carboxylic acids is 2. The number of methoxy groups -OCH3 is 1. The van der Waals surface area contributed by atoms with Crippen molar-refractivity contribution in [2.24, 2.45) is 0 Å². The maximum atomic E-state index is 12.5. The summed E-state index contributed by atoms with van der Waals surface area (Å²) in [4.78, 5) is 29.2. The Kier molecular flexibility index (Phi) is 8.92. The number of hydrogen-bond donors (Lipinski definition) is 2. The van der Waals surface area contributed by atoms with E-state index in [2.05, 4.69) is 27.7 Å². The maximum Gasteiger partial charge on any atom is 0.238 e. The van der Waals surface area contributed by atoms with Crippen molar-refractivity contribution in [1.29, 1.82) is 0 Å². The molecule has 1 aliphatic rings. The van der Waals surface area contributed by atoms with Gasteiger partial charge in [-0.15, -0.1) is 0 Å². The minimum atomic E-state index is -0.189. The van der Waals surface area contributed by atoms with Crippen LogP contribution in [-0.4, -0.2) is 56.5 Å². The number of amides is 2. The highest BCUT2D eigenvalue weighted by Crippen LogP contribution is 2.23. The topological polar surface area (TPSA) is 73.9 Å². The Morgan fingerprint density at radius 3 is 2.16 bits per heavy atom. The lowest BCUT2D eigenvalue weighted by Crippen LogP contribution is -2.38. The minimum Gasteiger partial charge on any atom is -0.495 e. The molecule has 1 heterocycles. The Labute approximate surface area is 190 Å². The Balaban J connectivity index is 1.49. The summed E-state index contributed by atoms with van der Waals surface area (Å²) in [5.41, 5.74) is 2.58. The van der Waals surface area contributed by atoms with Gasteiger partial charge in [0.05, 0.1) is 25.9 Å². The van der Waals surface area contributed by atoms with Crippen molar-refractivity contribution in [3.05, 3.63) is 48.5 Å². The van der Waals surface area contributed by atoms with Crippen LogP contribution in [0.2, 0.25) is 0 Å². The van der Waals surface area contributed by atoms with Crippen LogP contribution in [-0.2, 0) is 9.59 Å². The molecule has 0 unspecified atom stereocenters. The fourth-order valence-electron chi connectivity index (χ4n) is 3.91. The van der Waals surface area contributed by atoms with Crippen LogP contribution >= 0.6 is 0 Å². The van der Waals surface area contributed by atoms with Crippen molar-refractivity contribution in [2.75, 3.05) is 55.4 Å². The molecule has 2 aromatic carbocycles. The van der Waals surface area contributed by atoms with Crippen LogP contribution < -0.4 is 20.3 Å². The molecule has 0 atom stereocenters. The zero-order chi connectivity index (χ0) is 22.8. The Hall–Kier alpha value is -3.06. The van der Waals surface area contributed by atoms with Crippen LogP contribution in [0.3, 0.4) is 0 Å². The van der Waals surface area contributed by atoms with Gasteiger partial charge in [-0.2, -0.15) is 0 Å². The van der Waals surface area contributed by atoms with Gasteiger partial charge in [0.15, 0.2) is 0 Å². The maximum absolute atomic E-state index is 12.5. The lowest BCUT2D eigenvalue weighted by Gasteiger charge is -2.23. The van der Waals surface area contributed by atoms with Crippen LogP contribution in [0.15, 0.2) is 48.5 Å². The van der Waals surface area contributed by atoms with Gasteiger partial charge in [0.25, 0.3) is 0 Å². The minimum absolute atomic E-state index is 0.121. The van der Waals surface area contributed by atoms with Crippen LogP contribution in [0, 0.1) is 0 Å². The molecular formula is C25H34N4O3. The molecular weight excluding hydrogens is 404 g/mol. The molecule has 0 saturated carbocycles. The van der Waals surface area contributed by atoms with Crippen LogP contribution in [0.25, 0.3) is 0 Å². The summed E-state index contributed by atoms with van der Waals surface area (Å²) in [6, 6.07) is 15.3. The number of nitrogens with one attached hydrogen (secondary N) is 2. The van der Waals surface area contributed by atoms with E-state index in [0.717, 1.165) is 18.8 Å². The molecule has 3 rings (SSSR count). The molecule has 2 amide bonds. The zero-order valence-electron chi connectivity index (χ0n) is 19.1. The second-order valence-electron chi connectivity index (χ2n) is 8.05. The van der Waals surface area contributed by atoms with Crippen molar-refractivity contribution in [3.8, 4) is 5.75 Å². The number of benzene rings is 2. The molecule has 1 fully saturated rings. The molecule has 0 spiro atoms. The van der Waals surface area contributed by atoms with Crippen LogP contribution in [0.5, 0.6) is 5.75 Å². The molecule has 0 radical (unpaired) electrons. The van der Waals surface area contributed by atoms with Crippen molar-refractivity contribution < 1.29 is 14.3 Å². The van der Waals surface area contributed by atoms with Crippen LogP contribution in [0.4, 0.5) is 17.1 Å². The standard InChI is InChI=1S/C25H34N4O3/c1-3-28(19-25(31)27-22-10-6-7-11-23(22)32-2)18-24(30)26-20-12-14-21(15-13-20)29-16-8-4-5-9-17-29/h6-7,10-15H,3-5,8-9,16-19H2,1-2H3,(H,26,30)(H,27,31). The number of likely N-dealkylation sites (N-methyl/N-ethyl adjacent to an activating group) is 1. The summed E-state index contributed by atoms with van der Waals surface area (Å²) in [6.45, 7) is 4.96. The summed E-state index contributed by atoms with van der Waals surface area (Å²) < 4.78 is 5.27. The van der Waals surface area contributed by atoms with Gasteiger partial charge in [-0.3, -0.25) is 14.5 Å². The lowest BCUT2D eigenvalue weighted by atomic mass is 10.2. The van der Waals surface area contributed by atoms with E-state index in [9.17, 15) is 9.59 Å². The number of para-hydroxylation sites is 2. The Morgan fingerprint density at radius 1 is 0.906 bits per heavy atom. The first-order valence-electron chi connectivity index (χ1n) is 11.4. The van der Waals surface area contributed by atoms with Crippen molar-refractivity contribution in [1.82, 2.24) is 4.90 Å². The first kappa shape index (κ1) is 23.6. The van der Waals surface area contributed by atoms with Gasteiger partial charge in [0, 0.05) is 24.5 Å². The van der Waals surface area contributed by atoms with Gasteiger partial charge < -0.3 is 20.3 Å². The van der Waals surface area contributed by atoms with Crippen LogP contribution in [0.1, 0.15) is 32.6 Å². The highest BCUT2D eigenvalue weighted by Gasteiger charge is 2.15. The predicted octanol–water partition coefficient (Wildman–Crippen LogP) is 3.97. The van der Waals surface area contributed by atoms with Crippen molar-refractivity contribution in [2.45, 2.75) is 32.6 Å². The van der Waals surface area contributed by atoms with E-state index in [-0.39, 0.29) is 24.9 Å². The summed E-state index contributed by atoms with van der Waals surface area (Å²) in [6.07, 6.45) is 5.07. The number of hydrogen-bond acceptors (Lipinski definition) is 5. The number of anilines is 3. The SMILES string of the molecule is CCN(CC(=O)Nc1ccc(N2CCCCCC2)cc1)CC(=O)Nc1ccccc1OC. The van der Waals surface area contributed by atoms with Crippen molar-refractivity contribution in [3.63, 3.8) is 0 Å². The monoisotopic (exact) mass is 438 g/mol. The Morgan fingerprint density at radius 2 is 1.53 bits per heavy atom. The smallest absolute Gasteiger partial charge is 0.238 e. The highest BCUT2D eigenvalue weighted by atomic mass is 16.5. The molecule has 0 bridgehead atoms. The van der Waals surface area contributed by atoms with Gasteiger partial charge in [0.2, 0.25) is 11.8 Å². The molecule has 1 aliphatic heterocycles. The third kappa shape index (κ3) is 6.99. The Bertz CT molecular complexity index is 877. The normalized spacial score (nSPS) is 14.0. The molecule has 7 nitrogen and oxygen atoms in total.